The van der Waals surface area contributed by atoms with Crippen molar-refractivity contribution >= 4 is 46.6 Å². The molecule has 0 bridgehead atoms. The van der Waals surface area contributed by atoms with Gasteiger partial charge in [0.15, 0.2) is 22.0 Å². The maximum Gasteiger partial charge on any atom is 0.338 e. The van der Waals surface area contributed by atoms with Crippen LogP contribution in [-0.2, 0) is 16.1 Å². The number of halogens is 3. The minimum absolute atomic E-state index is 0.0622. The Morgan fingerprint density at radius 2 is 1.85 bits per heavy atom. The summed E-state index contributed by atoms with van der Waals surface area (Å²) in [5.41, 5.74) is 2.08. The lowest BCUT2D eigenvalue weighted by Crippen LogP contribution is -2.40. The van der Waals surface area contributed by atoms with Gasteiger partial charge in [0, 0.05) is 0 Å². The van der Waals surface area contributed by atoms with Crippen molar-refractivity contribution in [3.63, 3.8) is 0 Å². The molecule has 12 heteroatoms. The standard InChI is InChI=1S/C34H31Cl2FN2O6S/c1-6-43-33(41)29-19(4)38-34-39(30(29)22-10-11-26(45-18(2)3)27(16-22)42-5)32(40)28(46-34)15-21-13-24(35)31(25(36)14-21)44-17-20-8-7-9-23(37)12-20/h7-16,18,30H,6,17H2,1-5H3/b28-15-/t30-/m1/s1. The lowest BCUT2D eigenvalue weighted by molar-refractivity contribution is -0.139. The molecule has 1 aromatic heterocycles. The second-order valence-corrected chi connectivity index (χ2v) is 12.4. The molecule has 0 saturated carbocycles. The molecule has 240 valence electrons. The molecule has 3 aromatic carbocycles. The molecule has 0 aliphatic carbocycles. The van der Waals surface area contributed by atoms with E-state index in [1.807, 2.05) is 13.8 Å². The van der Waals surface area contributed by atoms with Crippen LogP contribution in [0.15, 0.2) is 75.7 Å². The molecule has 46 heavy (non-hydrogen) atoms. The van der Waals surface area contributed by atoms with Gasteiger partial charge in [0.2, 0.25) is 0 Å². The largest absolute Gasteiger partial charge is 0.493 e. The Kier molecular flexibility index (Phi) is 10.2. The van der Waals surface area contributed by atoms with Crippen LogP contribution in [0, 0.1) is 5.82 Å². The summed E-state index contributed by atoms with van der Waals surface area (Å²) < 4.78 is 38.1. The smallest absolute Gasteiger partial charge is 0.338 e. The predicted octanol–water partition coefficient (Wildman–Crippen LogP) is 6.62. The summed E-state index contributed by atoms with van der Waals surface area (Å²) in [4.78, 5) is 32.4. The average Bonchev–Trinajstić information content (AvgIpc) is 3.29. The zero-order valence-corrected chi connectivity index (χ0v) is 28.1. The monoisotopic (exact) mass is 684 g/mol. The van der Waals surface area contributed by atoms with E-state index in [4.69, 9.17) is 42.1 Å². The molecular weight excluding hydrogens is 654 g/mol. The molecule has 0 radical (unpaired) electrons. The summed E-state index contributed by atoms with van der Waals surface area (Å²) in [6, 6.07) is 13.7. The van der Waals surface area contributed by atoms with Crippen LogP contribution in [-0.4, -0.2) is 30.4 Å². The minimum Gasteiger partial charge on any atom is -0.493 e. The topological polar surface area (TPSA) is 88.4 Å². The number of aromatic nitrogens is 1. The van der Waals surface area contributed by atoms with E-state index < -0.39 is 12.0 Å². The first kappa shape index (κ1) is 33.2. The van der Waals surface area contributed by atoms with Gasteiger partial charge in [-0.25, -0.2) is 14.2 Å². The molecule has 8 nitrogen and oxygen atoms in total. The maximum absolute atomic E-state index is 14.1. The summed E-state index contributed by atoms with van der Waals surface area (Å²) in [7, 11) is 1.53. The summed E-state index contributed by atoms with van der Waals surface area (Å²) >= 11 is 14.2. The summed E-state index contributed by atoms with van der Waals surface area (Å²) in [6.45, 7) is 7.46. The second kappa shape index (κ2) is 14.1. The number of nitrogens with zero attached hydrogens (tertiary/aromatic N) is 2. The summed E-state index contributed by atoms with van der Waals surface area (Å²) in [5.74, 6) is 0.272. The van der Waals surface area contributed by atoms with E-state index in [9.17, 15) is 14.0 Å². The van der Waals surface area contributed by atoms with E-state index in [0.717, 1.165) is 0 Å². The van der Waals surface area contributed by atoms with Gasteiger partial charge in [-0.15, -0.1) is 0 Å². The van der Waals surface area contributed by atoms with Crippen molar-refractivity contribution in [2.24, 2.45) is 4.99 Å². The van der Waals surface area contributed by atoms with Crippen LogP contribution in [0.2, 0.25) is 10.0 Å². The fourth-order valence-electron chi connectivity index (χ4n) is 5.05. The van der Waals surface area contributed by atoms with Gasteiger partial charge in [-0.2, -0.15) is 0 Å². The third kappa shape index (κ3) is 6.99. The number of fused-ring (bicyclic) bond motifs is 1. The molecule has 0 saturated heterocycles. The fraction of sp³-hybridized carbons (Fsp3) is 0.265. The number of thiazole rings is 1. The van der Waals surface area contributed by atoms with Crippen molar-refractivity contribution in [1.82, 2.24) is 4.57 Å². The van der Waals surface area contributed by atoms with Crippen LogP contribution in [0.5, 0.6) is 17.2 Å². The highest BCUT2D eigenvalue weighted by Gasteiger charge is 2.34. The van der Waals surface area contributed by atoms with Gasteiger partial charge < -0.3 is 18.9 Å². The quantitative estimate of drug-likeness (QED) is 0.175. The van der Waals surface area contributed by atoms with Gasteiger partial charge in [0.1, 0.15) is 12.4 Å². The van der Waals surface area contributed by atoms with Gasteiger partial charge in [0.05, 0.1) is 51.7 Å². The molecule has 0 amide bonds. The Hall–Kier alpha value is -4.12. The van der Waals surface area contributed by atoms with Crippen molar-refractivity contribution in [1.29, 1.82) is 0 Å². The lowest BCUT2D eigenvalue weighted by atomic mass is 9.95. The number of methoxy groups -OCH3 is 1. The van der Waals surface area contributed by atoms with Gasteiger partial charge in [0.25, 0.3) is 5.56 Å². The first-order chi connectivity index (χ1) is 22.0. The molecule has 0 fully saturated rings. The average molecular weight is 686 g/mol. The second-order valence-electron chi connectivity index (χ2n) is 10.6. The first-order valence-electron chi connectivity index (χ1n) is 14.4. The number of ether oxygens (including phenoxy) is 4. The van der Waals surface area contributed by atoms with Crippen LogP contribution in [0.4, 0.5) is 4.39 Å². The lowest BCUT2D eigenvalue weighted by Gasteiger charge is -2.25. The minimum atomic E-state index is -0.842. The van der Waals surface area contributed by atoms with Crippen molar-refractivity contribution in [3.8, 4) is 17.2 Å². The highest BCUT2D eigenvalue weighted by atomic mass is 35.5. The zero-order chi connectivity index (χ0) is 33.1. The van der Waals surface area contributed by atoms with Gasteiger partial charge >= 0.3 is 5.97 Å². The molecule has 0 spiro atoms. The number of benzene rings is 3. The molecular formula is C34H31Cl2FN2O6S. The van der Waals surface area contributed by atoms with Crippen LogP contribution in [0.1, 0.15) is 50.4 Å². The van der Waals surface area contributed by atoms with Gasteiger partial charge in [-0.3, -0.25) is 9.36 Å². The Labute approximate surface area is 278 Å². The Morgan fingerprint density at radius 3 is 2.50 bits per heavy atom. The number of hydrogen-bond donors (Lipinski definition) is 0. The number of carbonyl (C=O) groups is 1. The van der Waals surface area contributed by atoms with E-state index in [0.29, 0.717) is 43.2 Å². The van der Waals surface area contributed by atoms with Gasteiger partial charge in [-0.1, -0.05) is 52.7 Å². The first-order valence-corrected chi connectivity index (χ1v) is 16.0. The molecule has 1 aliphatic heterocycles. The van der Waals surface area contributed by atoms with Crippen molar-refractivity contribution in [2.45, 2.75) is 46.4 Å². The number of carbonyl (C=O) groups excluding carboxylic acids is 1. The zero-order valence-electron chi connectivity index (χ0n) is 25.7. The van der Waals surface area contributed by atoms with E-state index >= 15 is 0 Å². The fourth-order valence-corrected chi connectivity index (χ4v) is 6.71. The van der Waals surface area contributed by atoms with E-state index in [1.165, 1.54) is 35.1 Å². The number of allylic oxidation sites excluding steroid dienone is 1. The number of hydrogen-bond acceptors (Lipinski definition) is 8. The number of esters is 1. The van der Waals surface area contributed by atoms with Crippen molar-refractivity contribution in [3.05, 3.63) is 118 Å². The summed E-state index contributed by atoms with van der Waals surface area (Å²) in [5, 5.41) is 0.439. The molecule has 4 aromatic rings. The number of rotatable bonds is 10. The van der Waals surface area contributed by atoms with E-state index in [1.54, 1.807) is 62.4 Å². The Bertz CT molecular complexity index is 2000. The predicted molar refractivity (Wildman–Crippen MR) is 176 cm³/mol. The molecule has 1 atom stereocenters. The van der Waals surface area contributed by atoms with Gasteiger partial charge in [-0.05, 0) is 86.9 Å². The molecule has 5 rings (SSSR count). The van der Waals surface area contributed by atoms with Crippen LogP contribution in [0.25, 0.3) is 6.08 Å². The molecule has 0 unspecified atom stereocenters. The Balaban J connectivity index is 1.58. The normalized spacial score (nSPS) is 14.6. The highest BCUT2D eigenvalue weighted by molar-refractivity contribution is 7.07. The van der Waals surface area contributed by atoms with Crippen LogP contribution < -0.4 is 29.1 Å². The van der Waals surface area contributed by atoms with E-state index in [2.05, 4.69) is 4.99 Å². The molecule has 2 heterocycles. The molecule has 1 aliphatic rings. The van der Waals surface area contributed by atoms with Crippen LogP contribution in [0.3, 0.4) is 0 Å². The maximum atomic E-state index is 14.1. The third-order valence-electron chi connectivity index (χ3n) is 6.97. The van der Waals surface area contributed by atoms with E-state index in [-0.39, 0.29) is 52.1 Å². The highest BCUT2D eigenvalue weighted by Crippen LogP contribution is 2.37. The summed E-state index contributed by atoms with van der Waals surface area (Å²) in [6.07, 6.45) is 1.56. The molecule has 0 N–H and O–H groups in total. The van der Waals surface area contributed by atoms with Crippen LogP contribution >= 0.6 is 34.5 Å². The van der Waals surface area contributed by atoms with Crippen molar-refractivity contribution in [2.75, 3.05) is 13.7 Å². The van der Waals surface area contributed by atoms with Crippen molar-refractivity contribution < 1.29 is 28.1 Å². The third-order valence-corrected chi connectivity index (χ3v) is 8.52. The Morgan fingerprint density at radius 1 is 1.11 bits per heavy atom. The SMILES string of the molecule is CCOC(=O)C1=C(C)N=c2s/c(=C\c3cc(Cl)c(OCc4cccc(F)c4)c(Cl)c3)c(=O)n2[C@@H]1c1ccc(OC(C)C)c(OC)c1.